The maximum Gasteiger partial charge on any atom is 0.269 e. The topological polar surface area (TPSA) is 76.7 Å². The van der Waals surface area contributed by atoms with E-state index in [4.69, 9.17) is 32.7 Å². The summed E-state index contributed by atoms with van der Waals surface area (Å²) in [5.41, 5.74) is 5.18. The Balaban J connectivity index is 1.70. The number of amides is 2. The molecule has 6 nitrogen and oxygen atoms in total. The van der Waals surface area contributed by atoms with Crippen LogP contribution < -0.4 is 20.3 Å². The summed E-state index contributed by atoms with van der Waals surface area (Å²) in [5.74, 6) is 0.750. The Kier molecular flexibility index (Phi) is 9.09. The van der Waals surface area contributed by atoms with E-state index in [-0.39, 0.29) is 12.3 Å². The van der Waals surface area contributed by atoms with Gasteiger partial charge in [0.15, 0.2) is 0 Å². The van der Waals surface area contributed by atoms with Gasteiger partial charge in [-0.2, -0.15) is 0 Å². The van der Waals surface area contributed by atoms with Gasteiger partial charge >= 0.3 is 0 Å². The molecule has 0 fully saturated rings. The Morgan fingerprint density at radius 3 is 2.55 bits per heavy atom. The second-order valence-corrected chi connectivity index (χ2v) is 7.61. The second-order valence-electron chi connectivity index (χ2n) is 6.76. The molecule has 0 atom stereocenters. The number of carbonyl (C=O) groups excluding carboxylic acids is 2. The molecular weight excluding hydrogens is 415 g/mol. The van der Waals surface area contributed by atoms with Crippen LogP contribution in [0.5, 0.6) is 11.5 Å². The molecule has 0 bridgehead atoms. The van der Waals surface area contributed by atoms with Gasteiger partial charge in [0.25, 0.3) is 5.91 Å². The Bertz CT molecular complexity index is 843. The van der Waals surface area contributed by atoms with Crippen molar-refractivity contribution in [2.45, 2.75) is 26.7 Å². The van der Waals surface area contributed by atoms with Crippen molar-refractivity contribution >= 4 is 35.0 Å². The number of halogens is 2. The number of hydrogen-bond donors (Lipinski definition) is 2. The molecule has 0 radical (unpaired) electrons. The van der Waals surface area contributed by atoms with Crippen LogP contribution >= 0.6 is 23.2 Å². The first-order chi connectivity index (χ1) is 13.8. The molecule has 0 saturated carbocycles. The van der Waals surface area contributed by atoms with Crippen molar-refractivity contribution in [1.29, 1.82) is 0 Å². The third-order valence-corrected chi connectivity index (χ3v) is 4.23. The number of rotatable bonds is 9. The van der Waals surface area contributed by atoms with Gasteiger partial charge in [0.2, 0.25) is 5.91 Å². The molecule has 0 saturated heterocycles. The van der Waals surface area contributed by atoms with E-state index in [1.54, 1.807) is 42.5 Å². The van der Waals surface area contributed by atoms with Crippen molar-refractivity contribution in [3.8, 4) is 11.5 Å². The van der Waals surface area contributed by atoms with Gasteiger partial charge in [-0.1, -0.05) is 43.1 Å². The number of nitrogens with one attached hydrogen (secondary N) is 2. The monoisotopic (exact) mass is 438 g/mol. The highest BCUT2D eigenvalue weighted by molar-refractivity contribution is 6.35. The van der Waals surface area contributed by atoms with E-state index in [1.165, 1.54) is 0 Å². The van der Waals surface area contributed by atoms with Crippen molar-refractivity contribution in [3.63, 3.8) is 0 Å². The van der Waals surface area contributed by atoms with Crippen molar-refractivity contribution < 1.29 is 19.1 Å². The van der Waals surface area contributed by atoms with Crippen LogP contribution in [0.1, 0.15) is 37.0 Å². The van der Waals surface area contributed by atoms with Crippen LogP contribution in [-0.4, -0.2) is 25.0 Å². The molecule has 2 aromatic carbocycles. The molecule has 29 heavy (non-hydrogen) atoms. The molecule has 2 amide bonds. The lowest BCUT2D eigenvalue weighted by molar-refractivity contribution is -0.122. The molecule has 156 valence electrons. The summed E-state index contributed by atoms with van der Waals surface area (Å²) in [4.78, 5) is 24.1. The highest BCUT2D eigenvalue weighted by atomic mass is 35.5. The first-order valence-electron chi connectivity index (χ1n) is 9.25. The van der Waals surface area contributed by atoms with Crippen LogP contribution in [0.15, 0.2) is 42.5 Å². The Morgan fingerprint density at radius 1 is 1.03 bits per heavy atom. The number of benzene rings is 2. The number of carbonyl (C=O) groups is 2. The second kappa shape index (κ2) is 11.5. The highest BCUT2D eigenvalue weighted by Crippen LogP contribution is 2.27. The molecular formula is C21H24Cl2N2O4. The van der Waals surface area contributed by atoms with Gasteiger partial charge in [-0.25, -0.2) is 0 Å². The van der Waals surface area contributed by atoms with Crippen molar-refractivity contribution in [1.82, 2.24) is 10.9 Å². The van der Waals surface area contributed by atoms with Crippen LogP contribution in [0.4, 0.5) is 0 Å². The lowest BCUT2D eigenvalue weighted by atomic mass is 10.2. The maximum atomic E-state index is 12.2. The van der Waals surface area contributed by atoms with Crippen LogP contribution in [0.25, 0.3) is 0 Å². The minimum Gasteiger partial charge on any atom is -0.493 e. The molecule has 2 rings (SSSR count). The van der Waals surface area contributed by atoms with Gasteiger partial charge in [-0.3, -0.25) is 20.4 Å². The largest absolute Gasteiger partial charge is 0.493 e. The molecule has 0 spiro atoms. The molecule has 2 aromatic rings. The molecule has 0 aliphatic heterocycles. The molecule has 2 N–H and O–H groups in total. The molecule has 0 aliphatic carbocycles. The van der Waals surface area contributed by atoms with Gasteiger partial charge < -0.3 is 9.47 Å². The van der Waals surface area contributed by atoms with E-state index in [0.717, 1.165) is 0 Å². The highest BCUT2D eigenvalue weighted by Gasteiger charge is 2.09. The lowest BCUT2D eigenvalue weighted by Crippen LogP contribution is -2.41. The third-order valence-electron chi connectivity index (χ3n) is 3.69. The predicted octanol–water partition coefficient (Wildman–Crippen LogP) is 4.65. The van der Waals surface area contributed by atoms with Crippen LogP contribution in [0.2, 0.25) is 10.0 Å². The third kappa shape index (κ3) is 8.21. The van der Waals surface area contributed by atoms with E-state index in [1.807, 2.05) is 13.8 Å². The van der Waals surface area contributed by atoms with E-state index >= 15 is 0 Å². The van der Waals surface area contributed by atoms with Crippen LogP contribution in [0.3, 0.4) is 0 Å². The predicted molar refractivity (Wildman–Crippen MR) is 114 cm³/mol. The molecule has 0 unspecified atom stereocenters. The molecule has 0 heterocycles. The molecule has 0 aliphatic rings. The zero-order chi connectivity index (χ0) is 21.2. The number of ether oxygens (including phenoxy) is 2. The van der Waals surface area contributed by atoms with Crippen molar-refractivity contribution in [3.05, 3.63) is 58.1 Å². The standard InChI is InChI=1S/C21H24Cl2N2O4/c1-14(2)13-29-17-6-3-5-15(11-17)21(27)25-24-20(26)7-4-10-28-19-9-8-16(22)12-18(19)23/h3,5-6,8-9,11-12,14H,4,7,10,13H2,1-2H3,(H,24,26)(H,25,27). The van der Waals surface area contributed by atoms with Gasteiger partial charge in [0.1, 0.15) is 11.5 Å². The number of hydrogen-bond acceptors (Lipinski definition) is 4. The minimum absolute atomic E-state index is 0.184. The van der Waals surface area contributed by atoms with E-state index in [2.05, 4.69) is 10.9 Å². The summed E-state index contributed by atoms with van der Waals surface area (Å²) in [5, 5.41) is 0.934. The molecule has 0 aromatic heterocycles. The Labute approximate surface area is 180 Å². The Hall–Kier alpha value is -2.44. The smallest absolute Gasteiger partial charge is 0.269 e. The summed E-state index contributed by atoms with van der Waals surface area (Å²) in [6, 6.07) is 11.7. The average molecular weight is 439 g/mol. The van der Waals surface area contributed by atoms with Crippen molar-refractivity contribution in [2.75, 3.05) is 13.2 Å². The van der Waals surface area contributed by atoms with Gasteiger partial charge in [-0.05, 0) is 48.7 Å². The lowest BCUT2D eigenvalue weighted by Gasteiger charge is -2.11. The Morgan fingerprint density at radius 2 is 1.83 bits per heavy atom. The van der Waals surface area contributed by atoms with Crippen LogP contribution in [0, 0.1) is 5.92 Å². The molecule has 8 heteroatoms. The van der Waals surface area contributed by atoms with Gasteiger partial charge in [0, 0.05) is 17.0 Å². The average Bonchev–Trinajstić information content (AvgIpc) is 2.69. The summed E-state index contributed by atoms with van der Waals surface area (Å²) in [6.07, 6.45) is 0.641. The fourth-order valence-corrected chi connectivity index (χ4v) is 2.72. The van der Waals surface area contributed by atoms with E-state index < -0.39 is 5.91 Å². The first kappa shape index (κ1) is 22.8. The van der Waals surface area contributed by atoms with E-state index in [0.29, 0.717) is 52.7 Å². The zero-order valence-electron chi connectivity index (χ0n) is 16.3. The maximum absolute atomic E-state index is 12.2. The fraction of sp³-hybridized carbons (Fsp3) is 0.333. The SMILES string of the molecule is CC(C)COc1cccc(C(=O)NNC(=O)CCCOc2ccc(Cl)cc2Cl)c1. The van der Waals surface area contributed by atoms with Gasteiger partial charge in [0.05, 0.1) is 18.2 Å². The quantitative estimate of drug-likeness (QED) is 0.441. The first-order valence-corrected chi connectivity index (χ1v) is 10.0. The number of hydrazine groups is 1. The van der Waals surface area contributed by atoms with Crippen LogP contribution in [-0.2, 0) is 4.79 Å². The van der Waals surface area contributed by atoms with E-state index in [9.17, 15) is 9.59 Å². The minimum atomic E-state index is -0.419. The zero-order valence-corrected chi connectivity index (χ0v) is 17.8. The summed E-state index contributed by atoms with van der Waals surface area (Å²) in [7, 11) is 0. The summed E-state index contributed by atoms with van der Waals surface area (Å²) < 4.78 is 11.1. The normalized spacial score (nSPS) is 10.5. The van der Waals surface area contributed by atoms with Crippen molar-refractivity contribution in [2.24, 2.45) is 5.92 Å². The van der Waals surface area contributed by atoms with Gasteiger partial charge in [-0.15, -0.1) is 0 Å². The summed E-state index contributed by atoms with van der Waals surface area (Å²) in [6.45, 7) is 4.95. The summed E-state index contributed by atoms with van der Waals surface area (Å²) >= 11 is 11.8. The fourth-order valence-electron chi connectivity index (χ4n) is 2.26.